The Morgan fingerprint density at radius 3 is 2.15 bits per heavy atom. The molecule has 4 nitrogen and oxygen atoms in total. The molecule has 1 aromatic rings. The van der Waals surface area contributed by atoms with Crippen LogP contribution in [0.5, 0.6) is 0 Å². The molecule has 0 saturated carbocycles. The molecule has 5 N–H and O–H groups in total. The van der Waals surface area contributed by atoms with Crippen molar-refractivity contribution in [2.75, 3.05) is 7.05 Å². The molecule has 1 aromatic carbocycles. The van der Waals surface area contributed by atoms with Crippen molar-refractivity contribution >= 4 is 5.69 Å². The van der Waals surface area contributed by atoms with Gasteiger partial charge in [0, 0.05) is 12.1 Å². The molecule has 0 amide bonds. The molecular formula is C9H16N3O+. The second-order valence-electron chi connectivity index (χ2n) is 3.40. The fraction of sp³-hybridized carbons (Fsp3) is 0.333. The van der Waals surface area contributed by atoms with Crippen molar-refractivity contribution in [2.45, 2.75) is 13.3 Å². The highest BCUT2D eigenvalue weighted by Gasteiger charge is 2.26. The number of hydrogen-bond acceptors (Lipinski definition) is 3. The van der Waals surface area contributed by atoms with Gasteiger partial charge in [-0.15, -0.1) is 0 Å². The molecule has 0 aliphatic rings. The highest BCUT2D eigenvalue weighted by Crippen LogP contribution is 2.17. The molecule has 0 saturated heterocycles. The Morgan fingerprint density at radius 2 is 1.77 bits per heavy atom. The monoisotopic (exact) mass is 182 g/mol. The molecule has 0 spiro atoms. The summed E-state index contributed by atoms with van der Waals surface area (Å²) in [5, 5.41) is 9.23. The average molecular weight is 182 g/mol. The van der Waals surface area contributed by atoms with Crippen molar-refractivity contribution in [3.63, 3.8) is 0 Å². The van der Waals surface area contributed by atoms with E-state index >= 15 is 0 Å². The van der Waals surface area contributed by atoms with Crippen LogP contribution in [-0.4, -0.2) is 18.5 Å². The van der Waals surface area contributed by atoms with Crippen LogP contribution in [0.1, 0.15) is 5.56 Å². The summed E-state index contributed by atoms with van der Waals surface area (Å²) < 4.78 is -0.222. The minimum absolute atomic E-state index is 0.222. The molecule has 2 atom stereocenters. The molecule has 1 rings (SSSR count). The number of benzene rings is 1. The lowest BCUT2D eigenvalue weighted by atomic mass is 10.2. The molecule has 0 aromatic heterocycles. The van der Waals surface area contributed by atoms with Crippen molar-refractivity contribution in [3.8, 4) is 0 Å². The van der Waals surface area contributed by atoms with Crippen LogP contribution in [0.25, 0.3) is 0 Å². The SMILES string of the molecule is Cc1ccc([N+](C)(N)C(N)O)cc1. The van der Waals surface area contributed by atoms with Crippen LogP contribution >= 0.6 is 0 Å². The van der Waals surface area contributed by atoms with E-state index < -0.39 is 6.35 Å². The van der Waals surface area contributed by atoms with Gasteiger partial charge in [0.05, 0.1) is 7.05 Å². The van der Waals surface area contributed by atoms with Gasteiger partial charge in [-0.3, -0.25) is 5.73 Å². The molecule has 0 fully saturated rings. The van der Waals surface area contributed by atoms with E-state index in [2.05, 4.69) is 0 Å². The van der Waals surface area contributed by atoms with E-state index in [1.165, 1.54) is 0 Å². The molecule has 0 radical (unpaired) electrons. The largest absolute Gasteiger partial charge is 0.330 e. The molecule has 0 aliphatic carbocycles. The summed E-state index contributed by atoms with van der Waals surface area (Å²) in [5.41, 5.74) is 7.27. The Morgan fingerprint density at radius 1 is 1.31 bits per heavy atom. The zero-order chi connectivity index (χ0) is 10.1. The molecule has 0 bridgehead atoms. The third-order valence-corrected chi connectivity index (χ3v) is 2.14. The minimum Gasteiger partial charge on any atom is -0.330 e. The van der Waals surface area contributed by atoms with Gasteiger partial charge < -0.3 is 5.11 Å². The Bertz CT molecular complexity index is 279. The van der Waals surface area contributed by atoms with Gasteiger partial charge >= 0.3 is 0 Å². The Labute approximate surface area is 77.9 Å². The zero-order valence-corrected chi connectivity index (χ0v) is 7.94. The molecule has 4 heteroatoms. The summed E-state index contributed by atoms with van der Waals surface area (Å²) in [7, 11) is 1.65. The van der Waals surface area contributed by atoms with Gasteiger partial charge in [0.15, 0.2) is 5.69 Å². The van der Waals surface area contributed by atoms with Crippen molar-refractivity contribution in [3.05, 3.63) is 29.8 Å². The predicted octanol–water partition coefficient (Wildman–Crippen LogP) is 0.0404. The minimum atomic E-state index is -1.11. The Kier molecular flexibility index (Phi) is 2.68. The van der Waals surface area contributed by atoms with Gasteiger partial charge in [0.2, 0.25) is 0 Å². The third-order valence-electron chi connectivity index (χ3n) is 2.14. The van der Waals surface area contributed by atoms with Crippen LogP contribution in [0.3, 0.4) is 0 Å². The lowest BCUT2D eigenvalue weighted by Crippen LogP contribution is -2.63. The molecule has 13 heavy (non-hydrogen) atoms. The van der Waals surface area contributed by atoms with Crippen molar-refractivity contribution in [1.82, 2.24) is 4.59 Å². The first-order valence-electron chi connectivity index (χ1n) is 4.10. The van der Waals surface area contributed by atoms with Crippen LogP contribution in [-0.2, 0) is 0 Å². The van der Waals surface area contributed by atoms with Crippen LogP contribution in [0.2, 0.25) is 0 Å². The van der Waals surface area contributed by atoms with E-state index in [4.69, 9.17) is 11.6 Å². The molecule has 72 valence electrons. The predicted molar refractivity (Wildman–Crippen MR) is 53.3 cm³/mol. The summed E-state index contributed by atoms with van der Waals surface area (Å²) in [5.74, 6) is 5.79. The van der Waals surface area contributed by atoms with Crippen LogP contribution < -0.4 is 16.2 Å². The fourth-order valence-electron chi connectivity index (χ4n) is 1.02. The molecule has 0 heterocycles. The second kappa shape index (κ2) is 3.43. The van der Waals surface area contributed by atoms with Crippen LogP contribution in [0.4, 0.5) is 5.69 Å². The Hall–Kier alpha value is -0.940. The number of hydrogen-bond donors (Lipinski definition) is 3. The number of nitrogens with zero attached hydrogens (tertiary/aromatic N) is 1. The maximum atomic E-state index is 9.23. The number of aliphatic hydroxyl groups is 1. The Balaban J connectivity index is 3.01. The van der Waals surface area contributed by atoms with Gasteiger partial charge in [0.25, 0.3) is 6.35 Å². The van der Waals surface area contributed by atoms with E-state index in [0.717, 1.165) is 11.3 Å². The molecule has 2 unspecified atom stereocenters. The van der Waals surface area contributed by atoms with Crippen LogP contribution in [0, 0.1) is 6.92 Å². The number of quaternary nitrogens is 1. The summed E-state index contributed by atoms with van der Waals surface area (Å²) in [6, 6.07) is 7.57. The van der Waals surface area contributed by atoms with Crippen molar-refractivity contribution in [1.29, 1.82) is 0 Å². The lowest BCUT2D eigenvalue weighted by molar-refractivity contribution is 0.0320. The van der Waals surface area contributed by atoms with Crippen molar-refractivity contribution in [2.24, 2.45) is 11.6 Å². The van der Waals surface area contributed by atoms with Gasteiger partial charge in [0.1, 0.15) is 0 Å². The topological polar surface area (TPSA) is 72.3 Å². The van der Waals surface area contributed by atoms with Crippen LogP contribution in [0.15, 0.2) is 24.3 Å². The summed E-state index contributed by atoms with van der Waals surface area (Å²) in [4.78, 5) is 0. The second-order valence-corrected chi connectivity index (χ2v) is 3.40. The van der Waals surface area contributed by atoms with E-state index in [9.17, 15) is 5.11 Å². The first kappa shape index (κ1) is 10.1. The number of aliphatic hydroxyl groups excluding tert-OH is 1. The maximum Gasteiger partial charge on any atom is 0.270 e. The van der Waals surface area contributed by atoms with Crippen molar-refractivity contribution < 1.29 is 5.11 Å². The van der Waals surface area contributed by atoms with Gasteiger partial charge in [-0.1, -0.05) is 17.7 Å². The maximum absolute atomic E-state index is 9.23. The zero-order valence-electron chi connectivity index (χ0n) is 7.94. The standard InChI is InChI=1S/C9H16N3O/c1-7-3-5-8(6-4-7)12(2,11)9(10)13/h3-6,9,13H,10-11H2,1-2H3/q+1. The average Bonchev–Trinajstić information content (AvgIpc) is 2.04. The van der Waals surface area contributed by atoms with E-state index in [0.29, 0.717) is 0 Å². The number of nitrogens with two attached hydrogens (primary N) is 2. The van der Waals surface area contributed by atoms with E-state index in [1.807, 2.05) is 31.2 Å². The van der Waals surface area contributed by atoms with Gasteiger partial charge in [-0.2, -0.15) is 10.4 Å². The first-order chi connectivity index (χ1) is 5.94. The first-order valence-corrected chi connectivity index (χ1v) is 4.10. The summed E-state index contributed by atoms with van der Waals surface area (Å²) in [6.45, 7) is 1.99. The van der Waals surface area contributed by atoms with Gasteiger partial charge in [-0.05, 0) is 6.92 Å². The normalized spacial score (nSPS) is 17.9. The highest BCUT2D eigenvalue weighted by atomic mass is 16.3. The fourth-order valence-corrected chi connectivity index (χ4v) is 1.02. The lowest BCUT2D eigenvalue weighted by Gasteiger charge is -2.29. The molecule has 0 aliphatic heterocycles. The van der Waals surface area contributed by atoms with Gasteiger partial charge in [-0.25, -0.2) is 0 Å². The summed E-state index contributed by atoms with van der Waals surface area (Å²) >= 11 is 0. The highest BCUT2D eigenvalue weighted by molar-refractivity contribution is 5.42. The smallest absolute Gasteiger partial charge is 0.270 e. The quantitative estimate of drug-likeness (QED) is 0.262. The number of aryl methyl sites for hydroxylation is 1. The third kappa shape index (κ3) is 2.05. The molecular weight excluding hydrogens is 166 g/mol. The van der Waals surface area contributed by atoms with E-state index in [-0.39, 0.29) is 4.59 Å². The van der Waals surface area contributed by atoms with E-state index in [1.54, 1.807) is 7.05 Å². The number of rotatable bonds is 2. The summed E-state index contributed by atoms with van der Waals surface area (Å²) in [6.07, 6.45) is -1.11.